The normalized spacial score (nSPS) is 17.3. The summed E-state index contributed by atoms with van der Waals surface area (Å²) in [5.41, 5.74) is 2.75. The number of likely N-dealkylation sites (tertiary alicyclic amines) is 1. The smallest absolute Gasteiger partial charge is 0.295 e. The quantitative estimate of drug-likeness (QED) is 0.351. The van der Waals surface area contributed by atoms with Crippen molar-refractivity contribution in [2.24, 2.45) is 0 Å². The molecule has 0 spiro atoms. The lowest BCUT2D eigenvalue weighted by Gasteiger charge is -2.27. The summed E-state index contributed by atoms with van der Waals surface area (Å²) < 4.78 is 11.0. The molecule has 1 unspecified atom stereocenters. The van der Waals surface area contributed by atoms with Crippen LogP contribution in [0.5, 0.6) is 11.5 Å². The average Bonchev–Trinajstić information content (AvgIpc) is 3.08. The van der Waals surface area contributed by atoms with Gasteiger partial charge < -0.3 is 19.5 Å². The molecule has 0 radical (unpaired) electrons. The summed E-state index contributed by atoms with van der Waals surface area (Å²) in [6.45, 7) is 2.06. The van der Waals surface area contributed by atoms with E-state index in [-0.39, 0.29) is 17.9 Å². The Morgan fingerprint density at radius 2 is 1.79 bits per heavy atom. The lowest BCUT2D eigenvalue weighted by Crippen LogP contribution is -2.29. The molecule has 7 nitrogen and oxygen atoms in total. The van der Waals surface area contributed by atoms with Gasteiger partial charge in [-0.2, -0.15) is 0 Å². The standard InChI is InChI=1S/C26H24N2O5/c1-16-9-11-18(12-10-16)23(29)21-22(19-7-4-8-20(32-2)25(19)33-3)28(26(31)24(21)30)15-17-6-5-13-27-14-17/h4-14,22,29H,15H2,1-3H3. The van der Waals surface area contributed by atoms with Crippen LogP contribution in [0.3, 0.4) is 0 Å². The Hall–Kier alpha value is -4.13. The molecular weight excluding hydrogens is 420 g/mol. The molecule has 33 heavy (non-hydrogen) atoms. The minimum absolute atomic E-state index is 0.000651. The highest BCUT2D eigenvalue weighted by molar-refractivity contribution is 6.46. The second-order valence-corrected chi connectivity index (χ2v) is 7.74. The number of hydrogen-bond acceptors (Lipinski definition) is 6. The number of para-hydroxylation sites is 1. The van der Waals surface area contributed by atoms with Crippen LogP contribution in [0.2, 0.25) is 0 Å². The summed E-state index contributed by atoms with van der Waals surface area (Å²) in [4.78, 5) is 32.0. The van der Waals surface area contributed by atoms with Crippen molar-refractivity contribution in [2.75, 3.05) is 14.2 Å². The van der Waals surface area contributed by atoms with Crippen LogP contribution in [0.25, 0.3) is 5.76 Å². The van der Waals surface area contributed by atoms with Gasteiger partial charge in [-0.25, -0.2) is 0 Å². The van der Waals surface area contributed by atoms with Crippen molar-refractivity contribution in [1.29, 1.82) is 0 Å². The lowest BCUT2D eigenvalue weighted by atomic mass is 9.94. The molecule has 0 bridgehead atoms. The summed E-state index contributed by atoms with van der Waals surface area (Å²) in [5, 5.41) is 11.2. The summed E-state index contributed by atoms with van der Waals surface area (Å²) in [6, 6.07) is 15.1. The van der Waals surface area contributed by atoms with Gasteiger partial charge in [-0.3, -0.25) is 14.6 Å². The van der Waals surface area contributed by atoms with Crippen molar-refractivity contribution in [3.05, 3.63) is 94.8 Å². The number of amides is 1. The van der Waals surface area contributed by atoms with E-state index in [9.17, 15) is 14.7 Å². The monoisotopic (exact) mass is 444 g/mol. The van der Waals surface area contributed by atoms with Crippen LogP contribution in [0.15, 0.2) is 72.6 Å². The zero-order valence-corrected chi connectivity index (χ0v) is 18.6. The van der Waals surface area contributed by atoms with Crippen molar-refractivity contribution in [3.8, 4) is 11.5 Å². The fourth-order valence-corrected chi connectivity index (χ4v) is 4.05. The first-order valence-electron chi connectivity index (χ1n) is 10.4. The molecule has 1 amide bonds. The molecule has 1 N–H and O–H groups in total. The minimum Gasteiger partial charge on any atom is -0.507 e. The SMILES string of the molecule is COc1cccc(C2C(=C(O)c3ccc(C)cc3)C(=O)C(=O)N2Cc2cccnc2)c1OC. The highest BCUT2D eigenvalue weighted by Gasteiger charge is 2.47. The first kappa shape index (κ1) is 22.1. The van der Waals surface area contributed by atoms with Crippen LogP contribution in [-0.4, -0.2) is 40.9 Å². The first-order chi connectivity index (χ1) is 16.0. The number of Topliss-reactive ketones (excluding diaryl/α,β-unsaturated/α-hetero) is 1. The molecule has 7 heteroatoms. The van der Waals surface area contributed by atoms with Gasteiger partial charge in [0.15, 0.2) is 11.5 Å². The van der Waals surface area contributed by atoms with Crippen molar-refractivity contribution in [2.45, 2.75) is 19.5 Å². The van der Waals surface area contributed by atoms with Crippen molar-refractivity contribution < 1.29 is 24.2 Å². The van der Waals surface area contributed by atoms with Crippen LogP contribution in [0.1, 0.15) is 28.3 Å². The molecule has 1 saturated heterocycles. The zero-order chi connectivity index (χ0) is 23.5. The number of aryl methyl sites for hydroxylation is 1. The van der Waals surface area contributed by atoms with Gasteiger partial charge in [-0.05, 0) is 24.6 Å². The number of carbonyl (C=O) groups excluding carboxylic acids is 2. The molecule has 1 aliphatic heterocycles. The van der Waals surface area contributed by atoms with Crippen LogP contribution in [0.4, 0.5) is 0 Å². The number of aliphatic hydroxyl groups is 1. The van der Waals surface area contributed by atoms with Gasteiger partial charge in [-0.15, -0.1) is 0 Å². The molecule has 2 aromatic carbocycles. The maximum absolute atomic E-state index is 13.2. The molecular formula is C26H24N2O5. The molecule has 2 heterocycles. The Bertz CT molecular complexity index is 1220. The molecule has 1 fully saturated rings. The highest BCUT2D eigenvalue weighted by Crippen LogP contribution is 2.46. The van der Waals surface area contributed by atoms with Gasteiger partial charge in [0.2, 0.25) is 0 Å². The summed E-state index contributed by atoms with van der Waals surface area (Å²) >= 11 is 0. The Labute approximate surface area is 191 Å². The predicted molar refractivity (Wildman–Crippen MR) is 123 cm³/mol. The van der Waals surface area contributed by atoms with Gasteiger partial charge >= 0.3 is 0 Å². The lowest BCUT2D eigenvalue weighted by molar-refractivity contribution is -0.140. The van der Waals surface area contributed by atoms with Crippen molar-refractivity contribution in [1.82, 2.24) is 9.88 Å². The van der Waals surface area contributed by atoms with E-state index >= 15 is 0 Å². The number of aliphatic hydroxyl groups excluding tert-OH is 1. The van der Waals surface area contributed by atoms with E-state index in [2.05, 4.69) is 4.98 Å². The second-order valence-electron chi connectivity index (χ2n) is 7.74. The van der Waals surface area contributed by atoms with Crippen LogP contribution in [0, 0.1) is 6.92 Å². The third kappa shape index (κ3) is 4.05. The Morgan fingerprint density at radius 1 is 1.03 bits per heavy atom. The molecule has 1 aromatic heterocycles. The summed E-state index contributed by atoms with van der Waals surface area (Å²) in [5.74, 6) is -0.860. The summed E-state index contributed by atoms with van der Waals surface area (Å²) in [7, 11) is 3.01. The number of ketones is 1. The molecule has 1 aliphatic rings. The van der Waals surface area contributed by atoms with E-state index in [1.54, 1.807) is 48.8 Å². The van der Waals surface area contributed by atoms with Crippen LogP contribution >= 0.6 is 0 Å². The number of ether oxygens (including phenoxy) is 2. The van der Waals surface area contributed by atoms with E-state index in [0.29, 0.717) is 22.6 Å². The van der Waals surface area contributed by atoms with E-state index in [0.717, 1.165) is 11.1 Å². The predicted octanol–water partition coefficient (Wildman–Crippen LogP) is 4.03. The third-order valence-electron chi connectivity index (χ3n) is 5.67. The molecule has 4 rings (SSSR count). The zero-order valence-electron chi connectivity index (χ0n) is 18.6. The fourth-order valence-electron chi connectivity index (χ4n) is 4.05. The highest BCUT2D eigenvalue weighted by atomic mass is 16.5. The van der Waals surface area contributed by atoms with Crippen LogP contribution in [-0.2, 0) is 16.1 Å². The Kier molecular flexibility index (Phi) is 6.13. The maximum Gasteiger partial charge on any atom is 0.295 e. The second kappa shape index (κ2) is 9.16. The number of methoxy groups -OCH3 is 2. The van der Waals surface area contributed by atoms with E-state index in [1.165, 1.54) is 19.1 Å². The van der Waals surface area contributed by atoms with Crippen LogP contribution < -0.4 is 9.47 Å². The minimum atomic E-state index is -0.878. The number of pyridine rings is 1. The number of benzene rings is 2. The Morgan fingerprint density at radius 3 is 2.42 bits per heavy atom. The number of hydrogen-bond donors (Lipinski definition) is 1. The molecule has 0 saturated carbocycles. The molecule has 0 aliphatic carbocycles. The Balaban J connectivity index is 1.94. The van der Waals surface area contributed by atoms with Gasteiger partial charge in [0.25, 0.3) is 11.7 Å². The fraction of sp³-hybridized carbons (Fsp3) is 0.192. The van der Waals surface area contributed by atoms with Crippen molar-refractivity contribution >= 4 is 17.4 Å². The number of aromatic nitrogens is 1. The van der Waals surface area contributed by atoms with Gasteiger partial charge in [-0.1, -0.05) is 48.0 Å². The molecule has 3 aromatic rings. The summed E-state index contributed by atoms with van der Waals surface area (Å²) in [6.07, 6.45) is 3.27. The number of carbonyl (C=O) groups is 2. The van der Waals surface area contributed by atoms with Gasteiger partial charge in [0.1, 0.15) is 5.76 Å². The average molecular weight is 444 g/mol. The van der Waals surface area contributed by atoms with E-state index in [4.69, 9.17) is 9.47 Å². The van der Waals surface area contributed by atoms with Gasteiger partial charge in [0.05, 0.1) is 25.8 Å². The third-order valence-corrected chi connectivity index (χ3v) is 5.67. The number of rotatable bonds is 6. The van der Waals surface area contributed by atoms with E-state index in [1.807, 2.05) is 25.1 Å². The maximum atomic E-state index is 13.2. The van der Waals surface area contributed by atoms with E-state index < -0.39 is 17.7 Å². The van der Waals surface area contributed by atoms with Crippen molar-refractivity contribution in [3.63, 3.8) is 0 Å². The van der Waals surface area contributed by atoms with Gasteiger partial charge in [0, 0.05) is 30.1 Å². The number of nitrogens with zero attached hydrogens (tertiary/aromatic N) is 2. The largest absolute Gasteiger partial charge is 0.507 e. The topological polar surface area (TPSA) is 89.0 Å². The molecule has 168 valence electrons. The first-order valence-corrected chi connectivity index (χ1v) is 10.4. The molecule has 1 atom stereocenters.